The average molecular weight is 406 g/mol. The lowest BCUT2D eigenvalue weighted by atomic mass is 10.1. The van der Waals surface area contributed by atoms with Gasteiger partial charge in [0.1, 0.15) is 0 Å². The van der Waals surface area contributed by atoms with Gasteiger partial charge in [0.15, 0.2) is 0 Å². The molecular formula is C22H27N7O. The molecule has 0 saturated heterocycles. The zero-order valence-corrected chi connectivity index (χ0v) is 17.4. The normalized spacial score (nSPS) is 19.3. The van der Waals surface area contributed by atoms with Gasteiger partial charge in [-0.05, 0) is 38.2 Å². The number of rotatable bonds is 6. The van der Waals surface area contributed by atoms with Crippen molar-refractivity contribution >= 4 is 5.52 Å². The topological polar surface area (TPSA) is 86.1 Å². The summed E-state index contributed by atoms with van der Waals surface area (Å²) >= 11 is 0. The number of aliphatic hydroxyl groups excluding tert-OH is 1. The number of fused-ring (bicyclic) bond motifs is 1. The Morgan fingerprint density at radius 1 is 1.03 bits per heavy atom. The molecule has 1 aliphatic rings. The number of hydrogen-bond acceptors (Lipinski definition) is 5. The molecule has 1 saturated carbocycles. The summed E-state index contributed by atoms with van der Waals surface area (Å²) in [5, 5.41) is 23.8. The molecule has 156 valence electrons. The lowest BCUT2D eigenvalue weighted by Crippen LogP contribution is -2.18. The minimum atomic E-state index is -0.328. The summed E-state index contributed by atoms with van der Waals surface area (Å²) in [4.78, 5) is 4.97. The Labute approximate surface area is 175 Å². The van der Waals surface area contributed by atoms with Crippen molar-refractivity contribution < 1.29 is 5.11 Å². The van der Waals surface area contributed by atoms with Crippen molar-refractivity contribution in [2.24, 2.45) is 0 Å². The second-order valence-corrected chi connectivity index (χ2v) is 8.09. The van der Waals surface area contributed by atoms with E-state index in [9.17, 15) is 5.11 Å². The second kappa shape index (κ2) is 7.68. The van der Waals surface area contributed by atoms with Crippen LogP contribution >= 0.6 is 0 Å². The molecule has 8 heteroatoms. The van der Waals surface area contributed by atoms with Crippen LogP contribution in [-0.2, 0) is 0 Å². The summed E-state index contributed by atoms with van der Waals surface area (Å²) < 4.78 is 5.77. The summed E-state index contributed by atoms with van der Waals surface area (Å²) in [5.74, 6) is 0. The third-order valence-electron chi connectivity index (χ3n) is 6.26. The van der Waals surface area contributed by atoms with Crippen molar-refractivity contribution in [2.75, 3.05) is 0 Å². The molecule has 0 unspecified atom stereocenters. The van der Waals surface area contributed by atoms with Gasteiger partial charge in [0.25, 0.3) is 0 Å². The number of nitrogens with zero attached hydrogens (tertiary/aromatic N) is 7. The third kappa shape index (κ3) is 3.21. The first-order valence-corrected chi connectivity index (χ1v) is 10.8. The van der Waals surface area contributed by atoms with Crippen molar-refractivity contribution in [1.82, 2.24) is 34.2 Å². The lowest BCUT2D eigenvalue weighted by Gasteiger charge is -2.14. The van der Waals surface area contributed by atoms with Crippen molar-refractivity contribution in [3.63, 3.8) is 0 Å². The Kier molecular flexibility index (Phi) is 4.86. The van der Waals surface area contributed by atoms with E-state index in [1.54, 1.807) is 6.20 Å². The molecule has 0 aromatic carbocycles. The highest BCUT2D eigenvalue weighted by Gasteiger charge is 2.27. The Hall–Kier alpha value is -3.00. The summed E-state index contributed by atoms with van der Waals surface area (Å²) in [6.07, 6.45) is 16.0. The third-order valence-corrected chi connectivity index (χ3v) is 6.26. The fraction of sp³-hybridized carbons (Fsp3) is 0.455. The van der Waals surface area contributed by atoms with Crippen molar-refractivity contribution in [3.8, 4) is 22.5 Å². The van der Waals surface area contributed by atoms with E-state index in [1.165, 1.54) is 0 Å². The van der Waals surface area contributed by atoms with E-state index in [0.29, 0.717) is 6.04 Å². The predicted octanol–water partition coefficient (Wildman–Crippen LogP) is 3.90. The van der Waals surface area contributed by atoms with Crippen LogP contribution in [0.4, 0.5) is 0 Å². The molecule has 4 aromatic rings. The van der Waals surface area contributed by atoms with E-state index in [-0.39, 0.29) is 12.1 Å². The monoisotopic (exact) mass is 405 g/mol. The molecule has 1 N–H and O–H groups in total. The minimum absolute atomic E-state index is 0.0462. The highest BCUT2D eigenvalue weighted by Crippen LogP contribution is 2.32. The van der Waals surface area contributed by atoms with E-state index in [4.69, 9.17) is 4.98 Å². The standard InChI is InChI=1S/C22H27N7O/c1-3-17(4-2)27-13-16(11-24-27)22-20-8-9-23-29(20)14-18(26-22)15-10-25-28(12-15)19-6-5-7-21(19)30/h8-14,17,19,21,30H,3-7H2,1-2H3/t19-,21+/m0/s1. The smallest absolute Gasteiger partial charge is 0.0999 e. The number of aliphatic hydroxyl groups is 1. The van der Waals surface area contributed by atoms with E-state index in [2.05, 4.69) is 35.3 Å². The Morgan fingerprint density at radius 3 is 2.63 bits per heavy atom. The zero-order chi connectivity index (χ0) is 20.7. The maximum Gasteiger partial charge on any atom is 0.0999 e. The summed E-state index contributed by atoms with van der Waals surface area (Å²) in [7, 11) is 0. The molecular weight excluding hydrogens is 378 g/mol. The van der Waals surface area contributed by atoms with E-state index in [0.717, 1.165) is 60.1 Å². The van der Waals surface area contributed by atoms with Gasteiger partial charge in [0, 0.05) is 23.5 Å². The van der Waals surface area contributed by atoms with Gasteiger partial charge < -0.3 is 5.11 Å². The van der Waals surface area contributed by atoms with Crippen LogP contribution < -0.4 is 0 Å². The van der Waals surface area contributed by atoms with Gasteiger partial charge in [-0.15, -0.1) is 0 Å². The van der Waals surface area contributed by atoms with Crippen molar-refractivity contribution in [3.05, 3.63) is 43.2 Å². The van der Waals surface area contributed by atoms with Gasteiger partial charge in [-0.3, -0.25) is 9.36 Å². The Balaban J connectivity index is 1.55. The maximum atomic E-state index is 10.2. The van der Waals surface area contributed by atoms with Gasteiger partial charge in [-0.25, -0.2) is 9.50 Å². The highest BCUT2D eigenvalue weighted by molar-refractivity contribution is 5.78. The molecule has 1 fully saturated rings. The minimum Gasteiger partial charge on any atom is -0.391 e. The average Bonchev–Trinajstić information content (AvgIpc) is 3.54. The first-order chi connectivity index (χ1) is 14.7. The van der Waals surface area contributed by atoms with Crippen LogP contribution in [0.3, 0.4) is 0 Å². The molecule has 0 bridgehead atoms. The molecule has 1 aliphatic carbocycles. The fourth-order valence-corrected chi connectivity index (χ4v) is 4.48. The van der Waals surface area contributed by atoms with Crippen molar-refractivity contribution in [2.45, 2.75) is 64.1 Å². The fourth-order valence-electron chi connectivity index (χ4n) is 4.48. The maximum absolute atomic E-state index is 10.2. The molecule has 5 rings (SSSR count). The van der Waals surface area contributed by atoms with Gasteiger partial charge in [0.05, 0.1) is 59.9 Å². The summed E-state index contributed by atoms with van der Waals surface area (Å²) in [5.41, 5.74) is 4.50. The van der Waals surface area contributed by atoms with E-state index in [1.807, 2.05) is 44.7 Å². The van der Waals surface area contributed by atoms with Gasteiger partial charge in [-0.2, -0.15) is 15.3 Å². The highest BCUT2D eigenvalue weighted by atomic mass is 16.3. The van der Waals surface area contributed by atoms with Gasteiger partial charge in [0.2, 0.25) is 0 Å². The number of aromatic nitrogens is 7. The molecule has 4 aromatic heterocycles. The van der Waals surface area contributed by atoms with Gasteiger partial charge >= 0.3 is 0 Å². The molecule has 0 spiro atoms. The van der Waals surface area contributed by atoms with Crippen LogP contribution in [0, 0.1) is 0 Å². The largest absolute Gasteiger partial charge is 0.391 e. The molecule has 0 aliphatic heterocycles. The van der Waals surface area contributed by atoms with E-state index < -0.39 is 0 Å². The SMILES string of the molecule is CCC(CC)n1cc(-c2nc(-c3cnn([C@H]4CCC[C@H]4O)c3)cn3nccc23)cn1. The predicted molar refractivity (Wildman–Crippen MR) is 114 cm³/mol. The molecule has 4 heterocycles. The van der Waals surface area contributed by atoms with Crippen molar-refractivity contribution in [1.29, 1.82) is 0 Å². The van der Waals surface area contributed by atoms with Crippen LogP contribution in [0.5, 0.6) is 0 Å². The quantitative estimate of drug-likeness (QED) is 0.526. The Morgan fingerprint density at radius 2 is 1.87 bits per heavy atom. The van der Waals surface area contributed by atoms with Crippen LogP contribution in [0.25, 0.3) is 28.0 Å². The van der Waals surface area contributed by atoms with Crippen LogP contribution in [0.15, 0.2) is 43.2 Å². The summed E-state index contributed by atoms with van der Waals surface area (Å²) in [6, 6.07) is 2.41. The Bertz CT molecular complexity index is 1150. The number of hydrogen-bond donors (Lipinski definition) is 1. The second-order valence-electron chi connectivity index (χ2n) is 8.09. The van der Waals surface area contributed by atoms with Crippen LogP contribution in [0.1, 0.15) is 58.0 Å². The van der Waals surface area contributed by atoms with Crippen LogP contribution in [0.2, 0.25) is 0 Å². The molecule has 30 heavy (non-hydrogen) atoms. The summed E-state index contributed by atoms with van der Waals surface area (Å²) in [6.45, 7) is 4.37. The van der Waals surface area contributed by atoms with E-state index >= 15 is 0 Å². The first-order valence-electron chi connectivity index (χ1n) is 10.8. The van der Waals surface area contributed by atoms with Gasteiger partial charge in [-0.1, -0.05) is 13.8 Å². The molecule has 8 nitrogen and oxygen atoms in total. The molecule has 2 atom stereocenters. The van der Waals surface area contributed by atoms with Crippen LogP contribution in [-0.4, -0.2) is 45.4 Å². The zero-order valence-electron chi connectivity index (χ0n) is 17.4. The molecule has 0 radical (unpaired) electrons. The lowest BCUT2D eigenvalue weighted by molar-refractivity contribution is 0.130. The molecule has 0 amide bonds. The first kappa shape index (κ1) is 19.0.